The number of hydrogen-bond acceptors (Lipinski definition) is 10. The number of aliphatic hydroxyl groups is 5. The van der Waals surface area contributed by atoms with Crippen LogP contribution in [-0.2, 0) is 19.0 Å². The van der Waals surface area contributed by atoms with Crippen molar-refractivity contribution in [1.82, 2.24) is 0 Å². The van der Waals surface area contributed by atoms with Crippen LogP contribution in [0, 0.1) is 17.2 Å². The van der Waals surface area contributed by atoms with Crippen LogP contribution in [-0.4, -0.2) is 86.6 Å². The molecule has 156 valence electrons. The van der Waals surface area contributed by atoms with Crippen LogP contribution in [0.15, 0.2) is 0 Å². The smallest absolute Gasteiger partial charge is 0.340 e. The van der Waals surface area contributed by atoms with Gasteiger partial charge in [0.05, 0.1) is 24.2 Å². The number of esters is 1. The van der Waals surface area contributed by atoms with Crippen LogP contribution < -0.4 is 0 Å². The van der Waals surface area contributed by atoms with Crippen LogP contribution in [0.4, 0.5) is 0 Å². The molecule has 27 heavy (non-hydrogen) atoms. The summed E-state index contributed by atoms with van der Waals surface area (Å²) in [7, 11) is 0. The van der Waals surface area contributed by atoms with E-state index in [0.29, 0.717) is 0 Å². The van der Waals surface area contributed by atoms with Crippen molar-refractivity contribution in [3.8, 4) is 6.07 Å². The molecule has 1 aliphatic rings. The van der Waals surface area contributed by atoms with Crippen LogP contribution in [0.1, 0.15) is 34.1 Å². The van der Waals surface area contributed by atoms with Gasteiger partial charge in [-0.2, -0.15) is 5.26 Å². The Morgan fingerprint density at radius 3 is 2.30 bits per heavy atom. The molecule has 10 nitrogen and oxygen atoms in total. The van der Waals surface area contributed by atoms with E-state index in [0.717, 1.165) is 0 Å². The quantitative estimate of drug-likeness (QED) is 0.304. The summed E-state index contributed by atoms with van der Waals surface area (Å²) in [5.41, 5.74) is -2.12. The summed E-state index contributed by atoms with van der Waals surface area (Å²) in [5.74, 6) is -1.63. The maximum Gasteiger partial charge on any atom is 0.340 e. The minimum Gasteiger partial charge on any atom is -0.461 e. The molecular formula is C17H29NO9. The Hall–Kier alpha value is -1.32. The van der Waals surface area contributed by atoms with E-state index in [1.54, 1.807) is 13.8 Å². The molecule has 0 bridgehead atoms. The molecule has 0 aromatic heterocycles. The molecule has 0 radical (unpaired) electrons. The molecule has 5 N–H and O–H groups in total. The Bertz CT molecular complexity index is 537. The monoisotopic (exact) mass is 391 g/mol. The Morgan fingerprint density at radius 1 is 1.22 bits per heavy atom. The second-order valence-electron chi connectivity index (χ2n) is 6.83. The van der Waals surface area contributed by atoms with E-state index in [2.05, 4.69) is 0 Å². The number of nitriles is 1. The summed E-state index contributed by atoms with van der Waals surface area (Å²) < 4.78 is 15.8. The maximum atomic E-state index is 12.1. The van der Waals surface area contributed by atoms with Crippen LogP contribution >= 0.6 is 0 Å². The van der Waals surface area contributed by atoms with E-state index in [-0.39, 0.29) is 6.42 Å². The molecule has 0 saturated carbocycles. The Balaban J connectivity index is 2.79. The molecule has 1 rings (SSSR count). The number of carbonyl (C=O) groups is 1. The van der Waals surface area contributed by atoms with Crippen LogP contribution in [0.3, 0.4) is 0 Å². The minimum atomic E-state index is -2.12. The fraction of sp³-hybridized carbons (Fsp3) is 0.882. The first-order chi connectivity index (χ1) is 12.5. The van der Waals surface area contributed by atoms with E-state index in [1.165, 1.54) is 13.8 Å². The first-order valence-corrected chi connectivity index (χ1v) is 8.81. The molecule has 0 amide bonds. The van der Waals surface area contributed by atoms with Gasteiger partial charge in [0.1, 0.15) is 31.0 Å². The summed E-state index contributed by atoms with van der Waals surface area (Å²) in [5, 5.41) is 58.7. The second-order valence-corrected chi connectivity index (χ2v) is 6.83. The average molecular weight is 391 g/mol. The zero-order valence-electron chi connectivity index (χ0n) is 15.8. The zero-order valence-corrected chi connectivity index (χ0v) is 15.8. The number of rotatable bonds is 8. The third-order valence-corrected chi connectivity index (χ3v) is 4.89. The molecule has 1 saturated heterocycles. The van der Waals surface area contributed by atoms with Gasteiger partial charge >= 0.3 is 5.97 Å². The maximum absolute atomic E-state index is 12.1. The highest BCUT2D eigenvalue weighted by Crippen LogP contribution is 2.25. The SMILES string of the molecule is CCC(O)(C(=O)OCC1OC(OC(C)C(C)C#N)C(O)C(O)C1O)C(C)O. The van der Waals surface area contributed by atoms with Crippen molar-refractivity contribution in [3.05, 3.63) is 0 Å². The molecule has 9 atom stereocenters. The Morgan fingerprint density at radius 2 is 1.81 bits per heavy atom. The topological polar surface area (TPSA) is 170 Å². The highest BCUT2D eigenvalue weighted by Gasteiger charge is 2.47. The fourth-order valence-corrected chi connectivity index (χ4v) is 2.49. The zero-order chi connectivity index (χ0) is 20.9. The van der Waals surface area contributed by atoms with Gasteiger partial charge in [-0.05, 0) is 27.2 Å². The number of aliphatic hydroxyl groups excluding tert-OH is 4. The number of carbonyl (C=O) groups excluding carboxylic acids is 1. The van der Waals surface area contributed by atoms with Crippen LogP contribution in [0.5, 0.6) is 0 Å². The third-order valence-electron chi connectivity index (χ3n) is 4.89. The van der Waals surface area contributed by atoms with Gasteiger partial charge in [0, 0.05) is 0 Å². The Kier molecular flexibility index (Phi) is 8.56. The largest absolute Gasteiger partial charge is 0.461 e. The number of nitrogens with zero attached hydrogens (tertiary/aromatic N) is 1. The van der Waals surface area contributed by atoms with E-state index in [9.17, 15) is 30.3 Å². The van der Waals surface area contributed by atoms with E-state index < -0.39 is 67.0 Å². The summed E-state index contributed by atoms with van der Waals surface area (Å²) in [4.78, 5) is 12.1. The standard InChI is InChI=1S/C17H29NO9/c1-5-17(24,10(4)19)16(23)25-7-11-12(20)13(21)14(22)15(27-11)26-9(3)8(2)6-18/h8-15,19-22,24H,5,7H2,1-4H3. The summed E-state index contributed by atoms with van der Waals surface area (Å²) in [6.45, 7) is 5.35. The van der Waals surface area contributed by atoms with Crippen molar-refractivity contribution in [1.29, 1.82) is 5.26 Å². The van der Waals surface area contributed by atoms with Crippen molar-refractivity contribution in [2.45, 2.75) is 82.6 Å². The molecule has 10 heteroatoms. The fourth-order valence-electron chi connectivity index (χ4n) is 2.49. The van der Waals surface area contributed by atoms with Gasteiger partial charge in [-0.25, -0.2) is 4.79 Å². The van der Waals surface area contributed by atoms with Crippen molar-refractivity contribution >= 4 is 5.97 Å². The molecule has 1 aliphatic heterocycles. The van der Waals surface area contributed by atoms with Gasteiger partial charge in [-0.3, -0.25) is 0 Å². The van der Waals surface area contributed by atoms with Gasteiger partial charge in [-0.15, -0.1) is 0 Å². The van der Waals surface area contributed by atoms with Gasteiger partial charge in [0.25, 0.3) is 0 Å². The van der Waals surface area contributed by atoms with E-state index >= 15 is 0 Å². The normalized spacial score (nSPS) is 34.0. The summed E-state index contributed by atoms with van der Waals surface area (Å²) in [6, 6.07) is 1.98. The minimum absolute atomic E-state index is 0.103. The second kappa shape index (κ2) is 9.75. The molecule has 1 fully saturated rings. The van der Waals surface area contributed by atoms with Gasteiger partial charge in [0.15, 0.2) is 11.9 Å². The highest BCUT2D eigenvalue weighted by atomic mass is 16.7. The predicted octanol–water partition coefficient (Wildman–Crippen LogP) is -1.58. The van der Waals surface area contributed by atoms with Crippen LogP contribution in [0.2, 0.25) is 0 Å². The van der Waals surface area contributed by atoms with Gasteiger partial charge < -0.3 is 39.7 Å². The van der Waals surface area contributed by atoms with Crippen molar-refractivity contribution < 1.29 is 44.5 Å². The molecular weight excluding hydrogens is 362 g/mol. The van der Waals surface area contributed by atoms with Crippen molar-refractivity contribution in [2.75, 3.05) is 6.61 Å². The van der Waals surface area contributed by atoms with Crippen molar-refractivity contribution in [2.24, 2.45) is 5.92 Å². The van der Waals surface area contributed by atoms with Crippen LogP contribution in [0.25, 0.3) is 0 Å². The third kappa shape index (κ3) is 5.36. The molecule has 1 heterocycles. The predicted molar refractivity (Wildman–Crippen MR) is 89.9 cm³/mol. The molecule has 0 aromatic carbocycles. The number of ether oxygens (including phenoxy) is 3. The number of hydrogen-bond donors (Lipinski definition) is 5. The van der Waals surface area contributed by atoms with Crippen molar-refractivity contribution in [3.63, 3.8) is 0 Å². The lowest BCUT2D eigenvalue weighted by atomic mass is 9.95. The lowest BCUT2D eigenvalue weighted by Crippen LogP contribution is -2.60. The van der Waals surface area contributed by atoms with Gasteiger partial charge in [0.2, 0.25) is 0 Å². The summed E-state index contributed by atoms with van der Waals surface area (Å²) in [6.07, 6.45) is -9.54. The first kappa shape index (κ1) is 23.7. The molecule has 9 unspecified atom stereocenters. The van der Waals surface area contributed by atoms with E-state index in [1.807, 2.05) is 6.07 Å². The lowest BCUT2D eigenvalue weighted by molar-refractivity contribution is -0.313. The first-order valence-electron chi connectivity index (χ1n) is 8.81. The molecule has 0 spiro atoms. The highest BCUT2D eigenvalue weighted by molar-refractivity contribution is 5.80. The Labute approximate surface area is 157 Å². The average Bonchev–Trinajstić information content (AvgIpc) is 2.65. The molecule has 0 aromatic rings. The van der Waals surface area contributed by atoms with E-state index in [4.69, 9.17) is 19.5 Å². The van der Waals surface area contributed by atoms with Gasteiger partial charge in [-0.1, -0.05) is 6.92 Å². The molecule has 0 aliphatic carbocycles. The lowest BCUT2D eigenvalue weighted by Gasteiger charge is -2.41. The summed E-state index contributed by atoms with van der Waals surface area (Å²) >= 11 is 0.